The van der Waals surface area contributed by atoms with E-state index in [2.05, 4.69) is 10.4 Å². The Morgan fingerprint density at radius 3 is 2.48 bits per heavy atom. The topological polar surface area (TPSA) is 51.9 Å². The Hall–Kier alpha value is -2.82. The minimum atomic E-state index is -0.0504. The number of benzene rings is 1. The van der Waals surface area contributed by atoms with Gasteiger partial charge in [0.05, 0.1) is 5.69 Å². The van der Waals surface area contributed by atoms with E-state index in [1.165, 1.54) is 0 Å². The molecule has 0 aliphatic carbocycles. The van der Waals surface area contributed by atoms with Crippen LogP contribution in [0.15, 0.2) is 55.0 Å². The summed E-state index contributed by atoms with van der Waals surface area (Å²) < 4.78 is 3.80. The summed E-state index contributed by atoms with van der Waals surface area (Å²) in [5, 5.41) is 7.26. The van der Waals surface area contributed by atoms with E-state index >= 15 is 0 Å². The molecule has 2 heterocycles. The lowest BCUT2D eigenvalue weighted by molar-refractivity contribution is 0.0954. The highest BCUT2D eigenvalue weighted by atomic mass is 16.1. The van der Waals surface area contributed by atoms with Crippen molar-refractivity contribution < 1.29 is 4.79 Å². The average Bonchev–Trinajstić information content (AvgIpc) is 3.18. The van der Waals surface area contributed by atoms with Gasteiger partial charge < -0.3 is 9.88 Å². The van der Waals surface area contributed by atoms with E-state index in [0.717, 1.165) is 23.4 Å². The highest BCUT2D eigenvalue weighted by Gasteiger charge is 2.07. The van der Waals surface area contributed by atoms with Crippen molar-refractivity contribution in [3.05, 3.63) is 71.8 Å². The van der Waals surface area contributed by atoms with Gasteiger partial charge in [-0.25, -0.2) is 0 Å². The fourth-order valence-electron chi connectivity index (χ4n) is 2.60. The molecule has 5 heteroatoms. The second-order valence-electron chi connectivity index (χ2n) is 5.56. The zero-order valence-corrected chi connectivity index (χ0v) is 13.4. The van der Waals surface area contributed by atoms with E-state index in [4.69, 9.17) is 0 Å². The third-order valence-corrected chi connectivity index (χ3v) is 3.83. The molecule has 0 fully saturated rings. The quantitative estimate of drug-likeness (QED) is 0.787. The first-order valence-electron chi connectivity index (χ1n) is 7.64. The molecule has 0 unspecified atom stereocenters. The Balaban J connectivity index is 1.57. The van der Waals surface area contributed by atoms with Gasteiger partial charge in [0.15, 0.2) is 0 Å². The smallest absolute Gasteiger partial charge is 0.251 e. The molecule has 3 aromatic rings. The maximum absolute atomic E-state index is 12.2. The zero-order chi connectivity index (χ0) is 16.2. The van der Waals surface area contributed by atoms with Crippen LogP contribution in [0.2, 0.25) is 0 Å². The molecule has 2 aromatic heterocycles. The van der Waals surface area contributed by atoms with Crippen molar-refractivity contribution in [1.29, 1.82) is 0 Å². The van der Waals surface area contributed by atoms with Crippen LogP contribution in [-0.2, 0) is 13.5 Å². The molecule has 1 N–H and O–H groups in total. The summed E-state index contributed by atoms with van der Waals surface area (Å²) in [6, 6.07) is 11.5. The van der Waals surface area contributed by atoms with Gasteiger partial charge in [0.1, 0.15) is 0 Å². The van der Waals surface area contributed by atoms with Crippen LogP contribution in [0.1, 0.15) is 21.6 Å². The molecule has 0 bridgehead atoms. The Morgan fingerprint density at radius 2 is 1.87 bits per heavy atom. The lowest BCUT2D eigenvalue weighted by Gasteiger charge is -2.07. The van der Waals surface area contributed by atoms with Gasteiger partial charge >= 0.3 is 0 Å². The average molecular weight is 308 g/mol. The van der Waals surface area contributed by atoms with Gasteiger partial charge in [0.2, 0.25) is 0 Å². The van der Waals surface area contributed by atoms with Gasteiger partial charge in [-0.05, 0) is 55.3 Å². The molecule has 118 valence electrons. The fraction of sp³-hybridized carbons (Fsp3) is 0.222. The standard InChI is InChI=1S/C18H20N4O/c1-14-16(13-21(2)20-14)9-10-19-18(23)15-5-7-17(8-6-15)22-11-3-4-12-22/h3-8,11-13H,9-10H2,1-2H3,(H,19,23). The number of carbonyl (C=O) groups is 1. The summed E-state index contributed by atoms with van der Waals surface area (Å²) in [7, 11) is 1.90. The molecule has 0 spiro atoms. The molecule has 0 saturated heterocycles. The normalized spacial score (nSPS) is 10.7. The number of rotatable bonds is 5. The first-order valence-corrected chi connectivity index (χ1v) is 7.64. The third kappa shape index (κ3) is 3.51. The minimum absolute atomic E-state index is 0.0504. The van der Waals surface area contributed by atoms with Gasteiger partial charge in [0.25, 0.3) is 5.91 Å². The third-order valence-electron chi connectivity index (χ3n) is 3.83. The summed E-state index contributed by atoms with van der Waals surface area (Å²) in [5.74, 6) is -0.0504. The van der Waals surface area contributed by atoms with Gasteiger partial charge in [-0.2, -0.15) is 5.10 Å². The Labute approximate surface area is 135 Å². The molecule has 0 atom stereocenters. The molecule has 1 aromatic carbocycles. The Kier molecular flexibility index (Phi) is 4.28. The highest BCUT2D eigenvalue weighted by Crippen LogP contribution is 2.10. The summed E-state index contributed by atoms with van der Waals surface area (Å²) in [5.41, 5.74) is 3.88. The highest BCUT2D eigenvalue weighted by molar-refractivity contribution is 5.94. The van der Waals surface area contributed by atoms with E-state index in [9.17, 15) is 4.79 Å². The van der Waals surface area contributed by atoms with Crippen LogP contribution in [0.3, 0.4) is 0 Å². The fourth-order valence-corrected chi connectivity index (χ4v) is 2.60. The van der Waals surface area contributed by atoms with Crippen LogP contribution in [0.25, 0.3) is 5.69 Å². The van der Waals surface area contributed by atoms with Gasteiger partial charge in [-0.1, -0.05) is 0 Å². The van der Waals surface area contributed by atoms with Gasteiger partial charge in [-0.15, -0.1) is 0 Å². The number of amides is 1. The van der Waals surface area contributed by atoms with Crippen LogP contribution >= 0.6 is 0 Å². The number of nitrogens with one attached hydrogen (secondary N) is 1. The van der Waals surface area contributed by atoms with Crippen molar-refractivity contribution in [2.24, 2.45) is 7.05 Å². The second kappa shape index (κ2) is 6.52. The lowest BCUT2D eigenvalue weighted by atomic mass is 10.1. The number of aromatic nitrogens is 3. The van der Waals surface area contributed by atoms with Crippen LogP contribution in [0, 0.1) is 6.92 Å². The molecule has 23 heavy (non-hydrogen) atoms. The summed E-state index contributed by atoms with van der Waals surface area (Å²) >= 11 is 0. The maximum Gasteiger partial charge on any atom is 0.251 e. The number of nitrogens with zero attached hydrogens (tertiary/aromatic N) is 3. The summed E-state index contributed by atoms with van der Waals surface area (Å²) in [6.45, 7) is 2.59. The molecule has 0 saturated carbocycles. The van der Waals surface area contributed by atoms with Crippen molar-refractivity contribution in [2.75, 3.05) is 6.54 Å². The summed E-state index contributed by atoms with van der Waals surface area (Å²) in [6.07, 6.45) is 6.73. The van der Waals surface area contributed by atoms with Crippen LogP contribution in [-0.4, -0.2) is 26.8 Å². The number of aryl methyl sites for hydroxylation is 2. The Bertz CT molecular complexity index is 785. The van der Waals surface area contributed by atoms with Crippen molar-refractivity contribution in [3.63, 3.8) is 0 Å². The van der Waals surface area contributed by atoms with Crippen molar-refractivity contribution >= 4 is 5.91 Å². The minimum Gasteiger partial charge on any atom is -0.352 e. The van der Waals surface area contributed by atoms with E-state index in [1.54, 1.807) is 4.68 Å². The van der Waals surface area contributed by atoms with Crippen LogP contribution in [0.5, 0.6) is 0 Å². The summed E-state index contributed by atoms with van der Waals surface area (Å²) in [4.78, 5) is 12.2. The van der Waals surface area contributed by atoms with Gasteiger partial charge in [0, 0.05) is 43.4 Å². The Morgan fingerprint density at radius 1 is 1.17 bits per heavy atom. The predicted octanol–water partition coefficient (Wildman–Crippen LogP) is 2.49. The molecular formula is C18H20N4O. The van der Waals surface area contributed by atoms with Crippen molar-refractivity contribution in [1.82, 2.24) is 19.7 Å². The first kappa shape index (κ1) is 15.1. The second-order valence-corrected chi connectivity index (χ2v) is 5.56. The predicted molar refractivity (Wildman–Crippen MR) is 89.8 cm³/mol. The SMILES string of the molecule is Cc1nn(C)cc1CCNC(=O)c1ccc(-n2cccc2)cc1. The van der Waals surface area contributed by atoms with E-state index in [-0.39, 0.29) is 5.91 Å². The van der Waals surface area contributed by atoms with Crippen LogP contribution < -0.4 is 5.32 Å². The molecule has 0 aliphatic heterocycles. The van der Waals surface area contributed by atoms with Crippen LogP contribution in [0.4, 0.5) is 0 Å². The van der Waals surface area contributed by atoms with Crippen molar-refractivity contribution in [2.45, 2.75) is 13.3 Å². The lowest BCUT2D eigenvalue weighted by Crippen LogP contribution is -2.25. The first-order chi connectivity index (χ1) is 11.1. The zero-order valence-electron chi connectivity index (χ0n) is 13.4. The molecule has 0 radical (unpaired) electrons. The monoisotopic (exact) mass is 308 g/mol. The number of hydrogen-bond acceptors (Lipinski definition) is 2. The van der Waals surface area contributed by atoms with E-state index in [0.29, 0.717) is 12.1 Å². The molecule has 1 amide bonds. The molecule has 0 aliphatic rings. The molecular weight excluding hydrogens is 288 g/mol. The molecule has 5 nitrogen and oxygen atoms in total. The molecule has 3 rings (SSSR count). The largest absolute Gasteiger partial charge is 0.352 e. The number of carbonyl (C=O) groups excluding carboxylic acids is 1. The maximum atomic E-state index is 12.2. The van der Waals surface area contributed by atoms with E-state index in [1.807, 2.05) is 73.5 Å². The van der Waals surface area contributed by atoms with E-state index < -0.39 is 0 Å². The number of hydrogen-bond donors (Lipinski definition) is 1. The van der Waals surface area contributed by atoms with Crippen molar-refractivity contribution in [3.8, 4) is 5.69 Å². The van der Waals surface area contributed by atoms with Gasteiger partial charge in [-0.3, -0.25) is 9.48 Å².